The van der Waals surface area contributed by atoms with Gasteiger partial charge in [0.15, 0.2) is 0 Å². The number of nitrogens with zero attached hydrogens (tertiary/aromatic N) is 1. The molecule has 1 aliphatic rings. The van der Waals surface area contributed by atoms with Gasteiger partial charge in [0.25, 0.3) is 0 Å². The molecule has 0 spiro atoms. The van der Waals surface area contributed by atoms with Crippen LogP contribution in [0.1, 0.15) is 19.4 Å². The van der Waals surface area contributed by atoms with Gasteiger partial charge in [-0.15, -0.1) is 0 Å². The van der Waals surface area contributed by atoms with Gasteiger partial charge in [0.05, 0.1) is 25.3 Å². The van der Waals surface area contributed by atoms with E-state index in [2.05, 4.69) is 13.0 Å². The maximum atomic E-state index is 11.2. The van der Waals surface area contributed by atoms with E-state index in [0.717, 1.165) is 0 Å². The molecule has 3 nitrogen and oxygen atoms in total. The van der Waals surface area contributed by atoms with Gasteiger partial charge < -0.3 is 9.64 Å². The Kier molecular flexibility index (Phi) is 4.15. The molecule has 0 unspecified atom stereocenters. The number of hydrogen-bond donors (Lipinski definition) is 0. The van der Waals surface area contributed by atoms with Crippen LogP contribution in [-0.4, -0.2) is 29.5 Å². The third-order valence-electron chi connectivity index (χ3n) is 3.19. The van der Waals surface area contributed by atoms with Gasteiger partial charge >= 0.3 is 0 Å². The molecule has 0 aliphatic carbocycles. The topological polar surface area (TPSA) is 29.3 Å². The number of hydrogen-bond acceptors (Lipinski definition) is 2. The highest BCUT2D eigenvalue weighted by Gasteiger charge is 2.43. The number of carbonyl (C=O) groups is 1. The van der Waals surface area contributed by atoms with Gasteiger partial charge in [0.1, 0.15) is 0 Å². The molecule has 0 saturated carbocycles. The first-order chi connectivity index (χ1) is 8.70. The minimum atomic E-state index is 0.141. The molecule has 1 saturated heterocycles. The standard InChI is InChI=1S/C15H19NO2/c1-12-15(16(12)13(2)17)9-6-10-18-11-14-7-4-3-5-8-14/h3-9,12,15H,10-11H2,1-2H3/b9-6+/t12-,15+,16?/m1/s1. The molecular weight excluding hydrogens is 226 g/mol. The van der Waals surface area contributed by atoms with E-state index in [4.69, 9.17) is 4.74 Å². The molecule has 1 fully saturated rings. The number of ether oxygens (including phenoxy) is 1. The molecule has 2 rings (SSSR count). The van der Waals surface area contributed by atoms with E-state index < -0.39 is 0 Å². The van der Waals surface area contributed by atoms with Crippen LogP contribution >= 0.6 is 0 Å². The van der Waals surface area contributed by atoms with E-state index in [-0.39, 0.29) is 11.9 Å². The van der Waals surface area contributed by atoms with Crippen molar-refractivity contribution in [2.24, 2.45) is 0 Å². The van der Waals surface area contributed by atoms with Crippen LogP contribution in [0, 0.1) is 0 Å². The van der Waals surface area contributed by atoms with Crippen molar-refractivity contribution in [1.29, 1.82) is 0 Å². The lowest BCUT2D eigenvalue weighted by molar-refractivity contribution is -0.124. The summed E-state index contributed by atoms with van der Waals surface area (Å²) in [7, 11) is 0. The summed E-state index contributed by atoms with van der Waals surface area (Å²) in [4.78, 5) is 13.0. The second kappa shape index (κ2) is 5.83. The van der Waals surface area contributed by atoms with E-state index in [1.165, 1.54) is 5.56 Å². The molecule has 1 aromatic carbocycles. The zero-order valence-electron chi connectivity index (χ0n) is 10.9. The van der Waals surface area contributed by atoms with Crippen molar-refractivity contribution < 1.29 is 9.53 Å². The smallest absolute Gasteiger partial charge is 0.220 e. The Balaban J connectivity index is 1.66. The minimum absolute atomic E-state index is 0.141. The van der Waals surface area contributed by atoms with Crippen LogP contribution in [0.25, 0.3) is 0 Å². The van der Waals surface area contributed by atoms with Gasteiger partial charge in [-0.25, -0.2) is 0 Å². The molecule has 0 N–H and O–H groups in total. The van der Waals surface area contributed by atoms with Crippen LogP contribution in [0.5, 0.6) is 0 Å². The summed E-state index contributed by atoms with van der Waals surface area (Å²) in [5, 5.41) is 0. The quantitative estimate of drug-likeness (QED) is 0.453. The summed E-state index contributed by atoms with van der Waals surface area (Å²) < 4.78 is 5.54. The second-order valence-electron chi connectivity index (χ2n) is 4.59. The first-order valence-corrected chi connectivity index (χ1v) is 6.27. The fraction of sp³-hybridized carbons (Fsp3) is 0.400. The van der Waals surface area contributed by atoms with Crippen molar-refractivity contribution in [3.8, 4) is 0 Å². The molecule has 96 valence electrons. The van der Waals surface area contributed by atoms with Gasteiger partial charge in [-0.1, -0.05) is 42.5 Å². The van der Waals surface area contributed by atoms with E-state index in [1.807, 2.05) is 41.3 Å². The normalized spacial score (nSPS) is 22.4. The first kappa shape index (κ1) is 12.8. The summed E-state index contributed by atoms with van der Waals surface area (Å²) >= 11 is 0. The molecule has 0 radical (unpaired) electrons. The van der Waals surface area contributed by atoms with Gasteiger partial charge in [-0.05, 0) is 12.5 Å². The van der Waals surface area contributed by atoms with Crippen molar-refractivity contribution >= 4 is 5.91 Å². The average Bonchev–Trinajstić information content (AvgIpc) is 3.01. The van der Waals surface area contributed by atoms with E-state index in [0.29, 0.717) is 19.3 Å². The Labute approximate surface area is 108 Å². The maximum absolute atomic E-state index is 11.2. The largest absolute Gasteiger partial charge is 0.373 e. The van der Waals surface area contributed by atoms with Crippen LogP contribution < -0.4 is 0 Å². The van der Waals surface area contributed by atoms with Crippen LogP contribution in [0.4, 0.5) is 0 Å². The predicted octanol–water partition coefficient (Wildman–Crippen LogP) is 2.38. The van der Waals surface area contributed by atoms with Crippen LogP contribution in [0.2, 0.25) is 0 Å². The number of benzene rings is 1. The SMILES string of the molecule is CC(=O)N1[C@H](C)[C@@H]1/C=C/COCc1ccccc1. The van der Waals surface area contributed by atoms with E-state index in [1.54, 1.807) is 6.92 Å². The Morgan fingerprint density at radius 3 is 2.72 bits per heavy atom. The second-order valence-corrected chi connectivity index (χ2v) is 4.59. The fourth-order valence-corrected chi connectivity index (χ4v) is 2.14. The average molecular weight is 245 g/mol. The molecule has 3 heteroatoms. The number of rotatable bonds is 5. The van der Waals surface area contributed by atoms with Crippen molar-refractivity contribution in [2.75, 3.05) is 6.61 Å². The molecular formula is C15H19NO2. The summed E-state index contributed by atoms with van der Waals surface area (Å²) in [6.45, 7) is 4.88. The Hall–Kier alpha value is -1.61. The Morgan fingerprint density at radius 2 is 2.11 bits per heavy atom. The molecule has 0 bridgehead atoms. The molecule has 1 aliphatic heterocycles. The molecule has 2 atom stereocenters. The lowest BCUT2D eigenvalue weighted by atomic mass is 10.2. The number of amides is 1. The van der Waals surface area contributed by atoms with Crippen molar-refractivity contribution in [1.82, 2.24) is 4.90 Å². The zero-order valence-corrected chi connectivity index (χ0v) is 10.9. The predicted molar refractivity (Wildman–Crippen MR) is 71.0 cm³/mol. The summed E-state index contributed by atoms with van der Waals surface area (Å²) in [6, 6.07) is 10.7. The Morgan fingerprint density at radius 1 is 1.39 bits per heavy atom. The zero-order chi connectivity index (χ0) is 13.0. The molecule has 1 amide bonds. The summed E-state index contributed by atoms with van der Waals surface area (Å²) in [5.74, 6) is 0.141. The molecule has 1 heterocycles. The van der Waals surface area contributed by atoms with Crippen LogP contribution in [0.15, 0.2) is 42.5 Å². The highest BCUT2D eigenvalue weighted by molar-refractivity contribution is 5.77. The van der Waals surface area contributed by atoms with Gasteiger partial charge in [0.2, 0.25) is 5.91 Å². The van der Waals surface area contributed by atoms with Gasteiger partial charge in [-0.3, -0.25) is 4.79 Å². The van der Waals surface area contributed by atoms with Crippen LogP contribution in [0.3, 0.4) is 0 Å². The van der Waals surface area contributed by atoms with Crippen molar-refractivity contribution in [3.63, 3.8) is 0 Å². The maximum Gasteiger partial charge on any atom is 0.220 e. The van der Waals surface area contributed by atoms with Crippen molar-refractivity contribution in [3.05, 3.63) is 48.0 Å². The minimum Gasteiger partial charge on any atom is -0.373 e. The molecule has 0 aromatic heterocycles. The Bertz CT molecular complexity index is 427. The first-order valence-electron chi connectivity index (χ1n) is 6.27. The highest BCUT2D eigenvalue weighted by atomic mass is 16.5. The lowest BCUT2D eigenvalue weighted by Crippen LogP contribution is -2.08. The molecule has 18 heavy (non-hydrogen) atoms. The third kappa shape index (κ3) is 3.20. The highest BCUT2D eigenvalue weighted by Crippen LogP contribution is 2.28. The summed E-state index contributed by atoms with van der Waals surface area (Å²) in [6.07, 6.45) is 4.05. The van der Waals surface area contributed by atoms with Crippen molar-refractivity contribution in [2.45, 2.75) is 32.5 Å². The van der Waals surface area contributed by atoms with E-state index >= 15 is 0 Å². The summed E-state index contributed by atoms with van der Waals surface area (Å²) in [5.41, 5.74) is 1.18. The van der Waals surface area contributed by atoms with Crippen LogP contribution in [-0.2, 0) is 16.1 Å². The third-order valence-corrected chi connectivity index (χ3v) is 3.19. The van der Waals surface area contributed by atoms with E-state index in [9.17, 15) is 4.79 Å². The fourth-order valence-electron chi connectivity index (χ4n) is 2.14. The number of carbonyl (C=O) groups excluding carboxylic acids is 1. The lowest BCUT2D eigenvalue weighted by Gasteiger charge is -2.00. The molecule has 1 aromatic rings. The monoisotopic (exact) mass is 245 g/mol. The van der Waals surface area contributed by atoms with Gasteiger partial charge in [-0.2, -0.15) is 0 Å². The van der Waals surface area contributed by atoms with Gasteiger partial charge in [0, 0.05) is 6.92 Å².